The van der Waals surface area contributed by atoms with Crippen LogP contribution in [0.2, 0.25) is 5.02 Å². The number of halogens is 4. The van der Waals surface area contributed by atoms with E-state index in [2.05, 4.69) is 11.9 Å². The number of rotatable bonds is 8. The molecule has 0 spiro atoms. The molecule has 1 heterocycles. The number of hydrogen-bond donors (Lipinski definition) is 0. The van der Waals surface area contributed by atoms with Gasteiger partial charge in [0.25, 0.3) is 0 Å². The highest BCUT2D eigenvalue weighted by Gasteiger charge is 2.19. The van der Waals surface area contributed by atoms with Gasteiger partial charge in [-0.3, -0.25) is 0 Å². The topological polar surface area (TPSA) is 50.8 Å². The van der Waals surface area contributed by atoms with Crippen molar-refractivity contribution in [2.24, 2.45) is 0 Å². The van der Waals surface area contributed by atoms with Crippen molar-refractivity contribution in [3.05, 3.63) is 82.1 Å². The summed E-state index contributed by atoms with van der Waals surface area (Å²) in [6, 6.07) is 13.2. The highest BCUT2D eigenvalue weighted by Crippen LogP contribution is 2.35. The van der Waals surface area contributed by atoms with Gasteiger partial charge in [0.05, 0.1) is 28.2 Å². The van der Waals surface area contributed by atoms with E-state index in [0.717, 1.165) is 37.5 Å². The molecule has 4 rings (SSSR count). The van der Waals surface area contributed by atoms with E-state index in [1.807, 2.05) is 10.6 Å². The zero-order chi connectivity index (χ0) is 24.2. The van der Waals surface area contributed by atoms with Crippen LogP contribution in [0, 0.1) is 28.8 Å². The Balaban J connectivity index is 1.76. The molecule has 0 atom stereocenters. The van der Waals surface area contributed by atoms with Crippen LogP contribution >= 0.6 is 11.6 Å². The van der Waals surface area contributed by atoms with E-state index in [9.17, 15) is 13.2 Å². The molecule has 174 valence electrons. The first-order chi connectivity index (χ1) is 16.4. The first kappa shape index (κ1) is 23.7. The maximum absolute atomic E-state index is 14.4. The van der Waals surface area contributed by atoms with Gasteiger partial charge in [-0.15, -0.1) is 0 Å². The monoisotopic (exact) mass is 483 g/mol. The largest absolute Gasteiger partial charge is 0.488 e. The minimum atomic E-state index is -0.971. The highest BCUT2D eigenvalue weighted by molar-refractivity contribution is 6.30. The summed E-state index contributed by atoms with van der Waals surface area (Å²) in [6.45, 7) is 2.52. The maximum Gasteiger partial charge on any atom is 0.161 e. The minimum absolute atomic E-state index is 0.107. The predicted molar refractivity (Wildman–Crippen MR) is 125 cm³/mol. The second-order valence-corrected chi connectivity index (χ2v) is 8.33. The molecule has 0 radical (unpaired) electrons. The molecule has 0 amide bonds. The van der Waals surface area contributed by atoms with E-state index in [1.54, 1.807) is 18.2 Å². The summed E-state index contributed by atoms with van der Waals surface area (Å²) in [5, 5.41) is 9.34. The SMILES string of the molecule is CCCCCn1c(-c2ccc(Cl)cc2OCc2ccc(C#N)cc2F)nc2cc(F)c(F)cc21. The van der Waals surface area contributed by atoms with E-state index in [4.69, 9.17) is 21.6 Å². The van der Waals surface area contributed by atoms with E-state index < -0.39 is 17.5 Å². The summed E-state index contributed by atoms with van der Waals surface area (Å²) in [5.41, 5.74) is 1.84. The smallest absolute Gasteiger partial charge is 0.161 e. The average Bonchev–Trinajstić information content (AvgIpc) is 3.15. The Morgan fingerprint density at radius 1 is 1.00 bits per heavy atom. The molecule has 8 heteroatoms. The fourth-order valence-corrected chi connectivity index (χ4v) is 3.92. The Bertz CT molecular complexity index is 1390. The lowest BCUT2D eigenvalue weighted by atomic mass is 10.1. The first-order valence-electron chi connectivity index (χ1n) is 10.9. The number of imidazole rings is 1. The first-order valence-corrected chi connectivity index (χ1v) is 11.3. The Morgan fingerprint density at radius 3 is 2.53 bits per heavy atom. The molecule has 0 saturated heterocycles. The lowest BCUT2D eigenvalue weighted by molar-refractivity contribution is 0.301. The van der Waals surface area contributed by atoms with Gasteiger partial charge in [0.2, 0.25) is 0 Å². The summed E-state index contributed by atoms with van der Waals surface area (Å²) < 4.78 is 50.1. The van der Waals surface area contributed by atoms with Crippen LogP contribution in [0.1, 0.15) is 37.3 Å². The molecular formula is C26H21ClF3N3O. The van der Waals surface area contributed by atoms with Crippen molar-refractivity contribution in [2.75, 3.05) is 0 Å². The second kappa shape index (κ2) is 10.2. The van der Waals surface area contributed by atoms with Crippen LogP contribution in [-0.2, 0) is 13.2 Å². The van der Waals surface area contributed by atoms with Crippen molar-refractivity contribution < 1.29 is 17.9 Å². The van der Waals surface area contributed by atoms with Crippen LogP contribution in [0.5, 0.6) is 5.75 Å². The third-order valence-corrected chi connectivity index (χ3v) is 5.76. The molecular weight excluding hydrogens is 463 g/mol. The van der Waals surface area contributed by atoms with Gasteiger partial charge in [0.1, 0.15) is 24.0 Å². The van der Waals surface area contributed by atoms with Crippen LogP contribution in [0.3, 0.4) is 0 Å². The second-order valence-electron chi connectivity index (χ2n) is 7.90. The number of aryl methyl sites for hydroxylation is 1. The van der Waals surface area contributed by atoms with Gasteiger partial charge in [0.15, 0.2) is 11.6 Å². The third-order valence-electron chi connectivity index (χ3n) is 5.53. The van der Waals surface area contributed by atoms with Crippen LogP contribution in [-0.4, -0.2) is 9.55 Å². The Hall–Kier alpha value is -3.50. The van der Waals surface area contributed by atoms with Gasteiger partial charge in [-0.1, -0.05) is 37.4 Å². The number of nitrogens with zero attached hydrogens (tertiary/aromatic N) is 3. The Kier molecular flexibility index (Phi) is 7.09. The van der Waals surface area contributed by atoms with Crippen molar-refractivity contribution in [1.29, 1.82) is 5.26 Å². The van der Waals surface area contributed by atoms with E-state index >= 15 is 0 Å². The van der Waals surface area contributed by atoms with Crippen LogP contribution < -0.4 is 4.74 Å². The molecule has 4 aromatic rings. The third kappa shape index (κ3) is 4.87. The quantitative estimate of drug-likeness (QED) is 0.245. The van der Waals surface area contributed by atoms with Gasteiger partial charge in [0, 0.05) is 29.3 Å². The Labute approximate surface area is 200 Å². The van der Waals surface area contributed by atoms with Crippen LogP contribution in [0.25, 0.3) is 22.4 Å². The molecule has 0 unspecified atom stereocenters. The lowest BCUT2D eigenvalue weighted by Crippen LogP contribution is -2.04. The summed E-state index contributed by atoms with van der Waals surface area (Å²) in [5.74, 6) is -1.65. The lowest BCUT2D eigenvalue weighted by Gasteiger charge is -2.14. The van der Waals surface area contributed by atoms with Crippen LogP contribution in [0.4, 0.5) is 13.2 Å². The standard InChI is InChI=1S/C26H21ClF3N3O/c1-2-3-4-9-33-24-13-22(30)21(29)12-23(24)32-26(33)19-8-7-18(27)11-25(19)34-15-17-6-5-16(14-31)10-20(17)28/h5-8,10-13H,2-4,9,15H2,1H3. The van der Waals surface area contributed by atoms with E-state index in [-0.39, 0.29) is 17.7 Å². The van der Waals surface area contributed by atoms with E-state index in [1.165, 1.54) is 12.1 Å². The Morgan fingerprint density at radius 2 is 1.79 bits per heavy atom. The van der Waals surface area contributed by atoms with E-state index in [0.29, 0.717) is 39.7 Å². The number of fused-ring (bicyclic) bond motifs is 1. The average molecular weight is 484 g/mol. The zero-order valence-electron chi connectivity index (χ0n) is 18.4. The van der Waals surface area contributed by atoms with Crippen LogP contribution in [0.15, 0.2) is 48.5 Å². The number of hydrogen-bond acceptors (Lipinski definition) is 3. The molecule has 0 aliphatic carbocycles. The highest BCUT2D eigenvalue weighted by atomic mass is 35.5. The van der Waals surface area contributed by atoms with Crippen molar-refractivity contribution in [3.63, 3.8) is 0 Å². The number of unbranched alkanes of at least 4 members (excludes halogenated alkanes) is 2. The summed E-state index contributed by atoms with van der Waals surface area (Å²) in [6.07, 6.45) is 2.79. The van der Waals surface area contributed by atoms with Crippen molar-refractivity contribution >= 4 is 22.6 Å². The number of ether oxygens (including phenoxy) is 1. The molecule has 3 aromatic carbocycles. The zero-order valence-corrected chi connectivity index (χ0v) is 19.2. The number of aromatic nitrogens is 2. The van der Waals surface area contributed by atoms with Gasteiger partial charge >= 0.3 is 0 Å². The molecule has 0 aliphatic heterocycles. The predicted octanol–water partition coefficient (Wildman–Crippen LogP) is 7.41. The number of nitriles is 1. The van der Waals surface area contributed by atoms with Crippen molar-refractivity contribution in [1.82, 2.24) is 9.55 Å². The molecule has 1 aromatic heterocycles. The minimum Gasteiger partial charge on any atom is -0.488 e. The van der Waals surface area contributed by atoms with Gasteiger partial charge in [-0.25, -0.2) is 18.2 Å². The summed E-state index contributed by atoms with van der Waals surface area (Å²) in [7, 11) is 0. The van der Waals surface area contributed by atoms with Gasteiger partial charge in [-0.2, -0.15) is 5.26 Å². The van der Waals surface area contributed by atoms with Gasteiger partial charge in [-0.05, 0) is 36.8 Å². The molecule has 0 fully saturated rings. The molecule has 0 N–H and O–H groups in total. The van der Waals surface area contributed by atoms with Crippen molar-refractivity contribution in [3.8, 4) is 23.2 Å². The van der Waals surface area contributed by atoms with Crippen molar-refractivity contribution in [2.45, 2.75) is 39.3 Å². The fourth-order valence-electron chi connectivity index (χ4n) is 3.76. The normalized spacial score (nSPS) is 11.1. The summed E-state index contributed by atoms with van der Waals surface area (Å²) in [4.78, 5) is 4.57. The van der Waals surface area contributed by atoms with Gasteiger partial charge < -0.3 is 9.30 Å². The molecule has 0 saturated carbocycles. The fraction of sp³-hybridized carbons (Fsp3) is 0.231. The molecule has 0 bridgehead atoms. The molecule has 4 nitrogen and oxygen atoms in total. The summed E-state index contributed by atoms with van der Waals surface area (Å²) >= 11 is 6.20. The maximum atomic E-state index is 14.4. The molecule has 0 aliphatic rings. The molecule has 34 heavy (non-hydrogen) atoms. The number of benzene rings is 3.